The summed E-state index contributed by atoms with van der Waals surface area (Å²) < 4.78 is 6.26. The number of ether oxygens (including phenoxy) is 1. The second kappa shape index (κ2) is 7.36. The number of phenols is 1. The van der Waals surface area contributed by atoms with Crippen molar-refractivity contribution in [2.24, 2.45) is 0 Å². The maximum atomic E-state index is 10.0. The van der Waals surface area contributed by atoms with Gasteiger partial charge in [-0.1, -0.05) is 53.5 Å². The Morgan fingerprint density at radius 1 is 1.00 bits per heavy atom. The van der Waals surface area contributed by atoms with Gasteiger partial charge in [-0.25, -0.2) is 0 Å². The van der Waals surface area contributed by atoms with Gasteiger partial charge in [-0.15, -0.1) is 0 Å². The van der Waals surface area contributed by atoms with Crippen LogP contribution in [0.25, 0.3) is 10.8 Å². The highest BCUT2D eigenvalue weighted by molar-refractivity contribution is 6.42. The van der Waals surface area contributed by atoms with Crippen molar-refractivity contribution in [3.63, 3.8) is 0 Å². The van der Waals surface area contributed by atoms with Gasteiger partial charge in [0.15, 0.2) is 0 Å². The van der Waals surface area contributed by atoms with E-state index in [1.807, 2.05) is 24.3 Å². The molecular weight excluding hydrogens is 369 g/mol. The molecule has 0 bridgehead atoms. The molecule has 0 amide bonds. The second-order valence-corrected chi connectivity index (χ2v) is 7.40. The first-order valence-electron chi connectivity index (χ1n) is 8.66. The van der Waals surface area contributed by atoms with Crippen molar-refractivity contribution in [1.29, 1.82) is 0 Å². The van der Waals surface area contributed by atoms with Crippen molar-refractivity contribution >= 4 is 34.0 Å². The first-order chi connectivity index (χ1) is 12.6. The van der Waals surface area contributed by atoms with E-state index in [-0.39, 0.29) is 12.0 Å². The summed E-state index contributed by atoms with van der Waals surface area (Å²) in [5.74, 6) is 1.25. The van der Waals surface area contributed by atoms with E-state index in [4.69, 9.17) is 27.9 Å². The van der Waals surface area contributed by atoms with Gasteiger partial charge in [0.2, 0.25) is 0 Å². The smallest absolute Gasteiger partial charge is 0.123 e. The Morgan fingerprint density at radius 2 is 1.88 bits per heavy atom. The third-order valence-electron chi connectivity index (χ3n) is 4.91. The van der Waals surface area contributed by atoms with Gasteiger partial charge in [-0.2, -0.15) is 0 Å². The van der Waals surface area contributed by atoms with Gasteiger partial charge in [-0.05, 0) is 42.1 Å². The fourth-order valence-electron chi connectivity index (χ4n) is 3.55. The molecule has 1 aliphatic heterocycles. The molecule has 1 heterocycles. The molecule has 1 aliphatic rings. The molecule has 0 spiro atoms. The lowest BCUT2D eigenvalue weighted by molar-refractivity contribution is 0.138. The number of fused-ring (bicyclic) bond motifs is 1. The van der Waals surface area contributed by atoms with Gasteiger partial charge in [0.05, 0.1) is 10.0 Å². The van der Waals surface area contributed by atoms with Crippen LogP contribution in [0.3, 0.4) is 0 Å². The van der Waals surface area contributed by atoms with E-state index in [1.165, 1.54) is 5.56 Å². The third kappa shape index (κ3) is 3.48. The number of halogens is 2. The van der Waals surface area contributed by atoms with Crippen LogP contribution in [0, 0.1) is 0 Å². The Morgan fingerprint density at radius 3 is 2.73 bits per heavy atom. The van der Waals surface area contributed by atoms with Crippen LogP contribution in [0.4, 0.5) is 0 Å². The highest BCUT2D eigenvalue weighted by Crippen LogP contribution is 2.33. The molecule has 3 aromatic carbocycles. The lowest BCUT2D eigenvalue weighted by Gasteiger charge is -2.33. The average molecular weight is 388 g/mol. The lowest BCUT2D eigenvalue weighted by Crippen LogP contribution is -2.41. The number of hydrogen-bond acceptors (Lipinski definition) is 3. The minimum Gasteiger partial charge on any atom is -0.507 e. The maximum absolute atomic E-state index is 10.0. The number of piperidine rings is 1. The molecule has 1 fully saturated rings. The molecule has 4 rings (SSSR count). The number of phenolic OH excluding ortho intramolecular Hbond substituents is 1. The topological polar surface area (TPSA) is 41.5 Å². The van der Waals surface area contributed by atoms with Gasteiger partial charge >= 0.3 is 0 Å². The van der Waals surface area contributed by atoms with Crippen LogP contribution in [0.2, 0.25) is 10.0 Å². The number of nitrogens with one attached hydrogen (secondary N) is 1. The lowest BCUT2D eigenvalue weighted by atomic mass is 9.87. The molecule has 2 atom stereocenters. The highest BCUT2D eigenvalue weighted by Gasteiger charge is 2.28. The Kier molecular flexibility index (Phi) is 4.94. The Labute approximate surface area is 162 Å². The molecule has 0 radical (unpaired) electrons. The number of aromatic hydroxyl groups is 1. The van der Waals surface area contributed by atoms with Crippen LogP contribution in [0.15, 0.2) is 54.6 Å². The van der Waals surface area contributed by atoms with Crippen LogP contribution < -0.4 is 10.1 Å². The highest BCUT2D eigenvalue weighted by atomic mass is 35.5. The molecule has 2 N–H and O–H groups in total. The standard InChI is InChI=1S/C21H19Cl2NO2/c22-18-7-5-15(11-19(18)23)26-21-8-9-24-12-17(21)14-4-6-16-13(10-14)2-1-3-20(16)25/h1-7,10-11,17,21,24-25H,8-9,12H2. The zero-order valence-corrected chi connectivity index (χ0v) is 15.6. The van der Waals surface area contributed by atoms with E-state index in [2.05, 4.69) is 17.4 Å². The second-order valence-electron chi connectivity index (χ2n) is 6.59. The predicted octanol–water partition coefficient (Wildman–Crippen LogP) is 5.38. The van der Waals surface area contributed by atoms with Crippen LogP contribution in [-0.2, 0) is 0 Å². The molecule has 3 nitrogen and oxygen atoms in total. The first-order valence-corrected chi connectivity index (χ1v) is 9.41. The molecule has 1 saturated heterocycles. The normalized spacial score (nSPS) is 20.2. The van der Waals surface area contributed by atoms with Crippen LogP contribution >= 0.6 is 23.2 Å². The summed E-state index contributed by atoms with van der Waals surface area (Å²) in [7, 11) is 0. The third-order valence-corrected chi connectivity index (χ3v) is 5.65. The minimum absolute atomic E-state index is 0.0447. The molecule has 134 valence electrons. The Hall–Kier alpha value is -1.94. The van der Waals surface area contributed by atoms with Crippen molar-refractivity contribution in [1.82, 2.24) is 5.32 Å². The van der Waals surface area contributed by atoms with Crippen LogP contribution in [0.1, 0.15) is 17.9 Å². The fraction of sp³-hybridized carbons (Fsp3) is 0.238. The van der Waals surface area contributed by atoms with Gasteiger partial charge in [0.25, 0.3) is 0 Å². The largest absolute Gasteiger partial charge is 0.507 e. The monoisotopic (exact) mass is 387 g/mol. The summed E-state index contributed by atoms with van der Waals surface area (Å²) in [5.41, 5.74) is 1.19. The number of hydrogen-bond donors (Lipinski definition) is 2. The van der Waals surface area contributed by atoms with Crippen molar-refractivity contribution in [2.75, 3.05) is 13.1 Å². The van der Waals surface area contributed by atoms with Gasteiger partial charge in [0.1, 0.15) is 17.6 Å². The maximum Gasteiger partial charge on any atom is 0.123 e. The van der Waals surface area contributed by atoms with E-state index < -0.39 is 0 Å². The van der Waals surface area contributed by atoms with E-state index in [1.54, 1.807) is 18.2 Å². The first kappa shape index (κ1) is 17.5. The molecular formula is C21H19Cl2NO2. The van der Waals surface area contributed by atoms with Crippen molar-refractivity contribution < 1.29 is 9.84 Å². The molecule has 0 aromatic heterocycles. The number of benzene rings is 3. The van der Waals surface area contributed by atoms with E-state index in [9.17, 15) is 5.11 Å². The Bertz CT molecular complexity index is 944. The minimum atomic E-state index is 0.0447. The molecule has 26 heavy (non-hydrogen) atoms. The zero-order chi connectivity index (χ0) is 18.1. The Balaban J connectivity index is 1.63. The predicted molar refractivity (Wildman–Crippen MR) is 107 cm³/mol. The van der Waals surface area contributed by atoms with Crippen molar-refractivity contribution in [3.05, 3.63) is 70.2 Å². The summed E-state index contributed by atoms with van der Waals surface area (Å²) in [6.07, 6.45) is 0.950. The summed E-state index contributed by atoms with van der Waals surface area (Å²) in [5, 5.41) is 16.4. The van der Waals surface area contributed by atoms with Crippen LogP contribution in [0.5, 0.6) is 11.5 Å². The van der Waals surface area contributed by atoms with Crippen molar-refractivity contribution in [3.8, 4) is 11.5 Å². The summed E-state index contributed by atoms with van der Waals surface area (Å²) >= 11 is 12.1. The van der Waals surface area contributed by atoms with E-state index in [0.717, 1.165) is 36.0 Å². The van der Waals surface area contributed by atoms with E-state index >= 15 is 0 Å². The zero-order valence-electron chi connectivity index (χ0n) is 14.1. The SMILES string of the molecule is Oc1cccc2cc(C3CNCCC3Oc3ccc(Cl)c(Cl)c3)ccc12. The summed E-state index contributed by atoms with van der Waals surface area (Å²) in [6, 6.07) is 17.2. The summed E-state index contributed by atoms with van der Waals surface area (Å²) in [6.45, 7) is 1.76. The number of rotatable bonds is 3. The fourth-order valence-corrected chi connectivity index (χ4v) is 3.84. The molecule has 5 heteroatoms. The van der Waals surface area contributed by atoms with Gasteiger partial charge < -0.3 is 15.2 Å². The molecule has 0 aliphatic carbocycles. The van der Waals surface area contributed by atoms with Crippen molar-refractivity contribution in [2.45, 2.75) is 18.4 Å². The molecule has 2 unspecified atom stereocenters. The van der Waals surface area contributed by atoms with Gasteiger partial charge in [0, 0.05) is 23.9 Å². The molecule has 0 saturated carbocycles. The average Bonchev–Trinajstić information content (AvgIpc) is 2.65. The molecule has 3 aromatic rings. The van der Waals surface area contributed by atoms with Gasteiger partial charge in [-0.3, -0.25) is 0 Å². The quantitative estimate of drug-likeness (QED) is 0.633. The summed E-state index contributed by atoms with van der Waals surface area (Å²) in [4.78, 5) is 0. The van der Waals surface area contributed by atoms with Crippen LogP contribution in [-0.4, -0.2) is 24.3 Å². The van der Waals surface area contributed by atoms with E-state index in [0.29, 0.717) is 15.8 Å².